The van der Waals surface area contributed by atoms with E-state index >= 15 is 0 Å². The minimum atomic E-state index is -0.381. The Balaban J connectivity index is 2.16. The van der Waals surface area contributed by atoms with Crippen LogP contribution in [0.25, 0.3) is 11.0 Å². The van der Waals surface area contributed by atoms with Crippen molar-refractivity contribution in [2.45, 2.75) is 26.1 Å². The number of pyridine rings is 1. The zero-order valence-electron chi connectivity index (χ0n) is 10.3. The summed E-state index contributed by atoms with van der Waals surface area (Å²) in [5.74, 6) is 0. The fraction of sp³-hybridized carbons (Fsp3) is 0.385. The van der Waals surface area contributed by atoms with Gasteiger partial charge in [-0.3, -0.25) is 0 Å². The molecule has 0 saturated carbocycles. The molecule has 0 aromatic carbocycles. The summed E-state index contributed by atoms with van der Waals surface area (Å²) < 4.78 is 7.36. The summed E-state index contributed by atoms with van der Waals surface area (Å²) in [5.41, 5.74) is 7.70. The van der Waals surface area contributed by atoms with Crippen molar-refractivity contribution < 1.29 is 4.74 Å². The Bertz CT molecular complexity index is 570. The van der Waals surface area contributed by atoms with E-state index in [1.165, 1.54) is 0 Å². The third-order valence-electron chi connectivity index (χ3n) is 2.82. The summed E-state index contributed by atoms with van der Waals surface area (Å²) in [6.07, 6.45) is 3.38. The molecule has 94 valence electrons. The first-order valence-electron chi connectivity index (χ1n) is 5.90. The summed E-state index contributed by atoms with van der Waals surface area (Å²) in [6.45, 7) is 3.38. The molecule has 0 aliphatic rings. The molecule has 0 spiro atoms. The van der Waals surface area contributed by atoms with Gasteiger partial charge in [-0.15, -0.1) is 0 Å². The van der Waals surface area contributed by atoms with E-state index in [2.05, 4.69) is 4.98 Å². The topological polar surface area (TPSA) is 76.9 Å². The number of aromatic nitrogens is 2. The number of nitrogens with two attached hydrogens (primary N) is 1. The largest absolute Gasteiger partial charge is 0.362 e. The van der Waals surface area contributed by atoms with Gasteiger partial charge in [-0.1, -0.05) is 0 Å². The van der Waals surface area contributed by atoms with E-state index in [0.717, 1.165) is 16.6 Å². The number of nitriles is 1. The van der Waals surface area contributed by atoms with Gasteiger partial charge in [0.25, 0.3) is 0 Å². The summed E-state index contributed by atoms with van der Waals surface area (Å²) in [7, 11) is 0. The van der Waals surface area contributed by atoms with Gasteiger partial charge in [0, 0.05) is 30.9 Å². The molecule has 2 N–H and O–H groups in total. The lowest BCUT2D eigenvalue weighted by Crippen LogP contribution is -2.11. The number of ether oxygens (including phenoxy) is 1. The minimum absolute atomic E-state index is 0.381. The number of rotatable bonds is 5. The molecule has 2 rings (SSSR count). The molecule has 1 atom stereocenters. The van der Waals surface area contributed by atoms with E-state index in [4.69, 9.17) is 15.7 Å². The van der Waals surface area contributed by atoms with E-state index in [9.17, 15) is 0 Å². The number of fused-ring (bicyclic) bond motifs is 1. The molecule has 18 heavy (non-hydrogen) atoms. The van der Waals surface area contributed by atoms with Crippen molar-refractivity contribution in [3.05, 3.63) is 30.1 Å². The Labute approximate surface area is 106 Å². The van der Waals surface area contributed by atoms with E-state index in [1.54, 1.807) is 13.1 Å². The quantitative estimate of drug-likeness (QED) is 0.863. The Morgan fingerprint density at radius 3 is 3.17 bits per heavy atom. The molecule has 5 nitrogen and oxygen atoms in total. The molecule has 2 aromatic rings. The van der Waals surface area contributed by atoms with Crippen LogP contribution in [0.2, 0.25) is 0 Å². The molecule has 1 unspecified atom stereocenters. The average Bonchev–Trinajstić information content (AvgIpc) is 2.77. The van der Waals surface area contributed by atoms with Crippen LogP contribution in [-0.2, 0) is 17.8 Å². The minimum Gasteiger partial charge on any atom is -0.362 e. The molecule has 2 aromatic heterocycles. The van der Waals surface area contributed by atoms with Crippen LogP contribution < -0.4 is 5.73 Å². The second-order valence-corrected chi connectivity index (χ2v) is 4.07. The van der Waals surface area contributed by atoms with Crippen LogP contribution in [0.3, 0.4) is 0 Å². The molecule has 0 fully saturated rings. The molecule has 5 heteroatoms. The van der Waals surface area contributed by atoms with Crippen LogP contribution in [0, 0.1) is 11.3 Å². The first-order valence-corrected chi connectivity index (χ1v) is 5.90. The van der Waals surface area contributed by atoms with Gasteiger partial charge in [-0.25, -0.2) is 4.98 Å². The van der Waals surface area contributed by atoms with E-state index in [0.29, 0.717) is 19.7 Å². The third kappa shape index (κ3) is 2.50. The van der Waals surface area contributed by atoms with Crippen molar-refractivity contribution in [3.8, 4) is 6.07 Å². The van der Waals surface area contributed by atoms with Crippen molar-refractivity contribution in [1.29, 1.82) is 5.26 Å². The highest BCUT2D eigenvalue weighted by molar-refractivity contribution is 5.80. The van der Waals surface area contributed by atoms with Crippen LogP contribution in [0.1, 0.15) is 12.5 Å². The van der Waals surface area contributed by atoms with Gasteiger partial charge >= 0.3 is 0 Å². The van der Waals surface area contributed by atoms with Gasteiger partial charge < -0.3 is 15.0 Å². The highest BCUT2D eigenvalue weighted by Crippen LogP contribution is 2.18. The van der Waals surface area contributed by atoms with Gasteiger partial charge in [0.2, 0.25) is 0 Å². The molecule has 0 radical (unpaired) electrons. The first-order chi connectivity index (χ1) is 8.76. The third-order valence-corrected chi connectivity index (χ3v) is 2.82. The van der Waals surface area contributed by atoms with Crippen molar-refractivity contribution in [2.24, 2.45) is 5.73 Å². The highest BCUT2D eigenvalue weighted by atomic mass is 16.5. The first kappa shape index (κ1) is 12.6. The lowest BCUT2D eigenvalue weighted by Gasteiger charge is -2.07. The summed E-state index contributed by atoms with van der Waals surface area (Å²) in [4.78, 5) is 4.35. The lowest BCUT2D eigenvalue weighted by atomic mass is 10.2. The van der Waals surface area contributed by atoms with Gasteiger partial charge in [0.1, 0.15) is 11.8 Å². The summed E-state index contributed by atoms with van der Waals surface area (Å²) in [6, 6.07) is 5.95. The number of hydrogen-bond donors (Lipinski definition) is 1. The van der Waals surface area contributed by atoms with Crippen LogP contribution >= 0.6 is 0 Å². The van der Waals surface area contributed by atoms with Crippen LogP contribution in [0.5, 0.6) is 0 Å². The number of hydrogen-bond acceptors (Lipinski definition) is 4. The normalized spacial score (nSPS) is 12.5. The SMILES string of the molecule is CC(C#N)OCCn1cc(CN)c2cccnc21. The smallest absolute Gasteiger partial charge is 0.141 e. The van der Waals surface area contributed by atoms with E-state index in [1.807, 2.05) is 29.0 Å². The molecule has 2 heterocycles. The molecule has 0 amide bonds. The number of nitrogens with zero attached hydrogens (tertiary/aromatic N) is 3. The van der Waals surface area contributed by atoms with Gasteiger partial charge in [-0.05, 0) is 24.6 Å². The van der Waals surface area contributed by atoms with Gasteiger partial charge in [-0.2, -0.15) is 5.26 Å². The second-order valence-electron chi connectivity index (χ2n) is 4.07. The molecule has 0 aliphatic heterocycles. The van der Waals surface area contributed by atoms with Crippen LogP contribution in [0.15, 0.2) is 24.5 Å². The maximum atomic E-state index is 8.64. The maximum Gasteiger partial charge on any atom is 0.141 e. The van der Waals surface area contributed by atoms with E-state index < -0.39 is 0 Å². The molecule has 0 bridgehead atoms. The summed E-state index contributed by atoms with van der Waals surface area (Å²) in [5, 5.41) is 9.71. The van der Waals surface area contributed by atoms with E-state index in [-0.39, 0.29) is 6.10 Å². The molecule has 0 saturated heterocycles. The van der Waals surface area contributed by atoms with Crippen molar-refractivity contribution in [3.63, 3.8) is 0 Å². The van der Waals surface area contributed by atoms with Gasteiger partial charge in [0.15, 0.2) is 0 Å². The monoisotopic (exact) mass is 244 g/mol. The Hall–Kier alpha value is -1.90. The van der Waals surface area contributed by atoms with Crippen LogP contribution in [0.4, 0.5) is 0 Å². The average molecular weight is 244 g/mol. The fourth-order valence-electron chi connectivity index (χ4n) is 1.89. The highest BCUT2D eigenvalue weighted by Gasteiger charge is 2.08. The predicted molar refractivity (Wildman–Crippen MR) is 68.7 cm³/mol. The molecular formula is C13H16N4O. The molecular weight excluding hydrogens is 228 g/mol. The zero-order chi connectivity index (χ0) is 13.0. The van der Waals surface area contributed by atoms with Crippen LogP contribution in [-0.4, -0.2) is 22.3 Å². The Morgan fingerprint density at radius 2 is 2.44 bits per heavy atom. The molecule has 0 aliphatic carbocycles. The Morgan fingerprint density at radius 1 is 1.61 bits per heavy atom. The second kappa shape index (κ2) is 5.63. The standard InChI is InChI=1S/C13H16N4O/c1-10(7-14)18-6-5-17-9-11(8-15)12-3-2-4-16-13(12)17/h2-4,9-10H,5-6,8,15H2,1H3. The summed E-state index contributed by atoms with van der Waals surface area (Å²) >= 11 is 0. The van der Waals surface area contributed by atoms with Crippen molar-refractivity contribution >= 4 is 11.0 Å². The maximum absolute atomic E-state index is 8.64. The van der Waals surface area contributed by atoms with Crippen molar-refractivity contribution in [1.82, 2.24) is 9.55 Å². The Kier molecular flexibility index (Phi) is 3.92. The van der Waals surface area contributed by atoms with Crippen molar-refractivity contribution in [2.75, 3.05) is 6.61 Å². The van der Waals surface area contributed by atoms with Gasteiger partial charge in [0.05, 0.1) is 12.7 Å². The zero-order valence-corrected chi connectivity index (χ0v) is 10.3. The lowest BCUT2D eigenvalue weighted by molar-refractivity contribution is 0.0958. The fourth-order valence-corrected chi connectivity index (χ4v) is 1.89. The predicted octanol–water partition coefficient (Wildman–Crippen LogP) is 1.42.